The van der Waals surface area contributed by atoms with E-state index in [4.69, 9.17) is 0 Å². The number of halogens is 3. The van der Waals surface area contributed by atoms with Crippen LogP contribution in [0.4, 0.5) is 13.2 Å². The van der Waals surface area contributed by atoms with Crippen LogP contribution < -0.4 is 0 Å². The van der Waals surface area contributed by atoms with Crippen molar-refractivity contribution in [3.63, 3.8) is 0 Å². The summed E-state index contributed by atoms with van der Waals surface area (Å²) >= 11 is 0. The Kier molecular flexibility index (Phi) is 2.56. The monoisotopic (exact) mass is 227 g/mol. The molecular formula is C11H8F3NO. The molecular weight excluding hydrogens is 219 g/mol. The van der Waals surface area contributed by atoms with Crippen LogP contribution in [0.3, 0.4) is 0 Å². The molecule has 0 unspecified atom stereocenters. The summed E-state index contributed by atoms with van der Waals surface area (Å²) in [7, 11) is 0. The SMILES string of the molecule is O=C=NC1(Cc2cc(F)c(F)cc2F)CC1. The van der Waals surface area contributed by atoms with Crippen molar-refractivity contribution in [2.75, 3.05) is 0 Å². The minimum atomic E-state index is -1.22. The van der Waals surface area contributed by atoms with E-state index < -0.39 is 23.0 Å². The Morgan fingerprint density at radius 1 is 1.19 bits per heavy atom. The fourth-order valence-electron chi connectivity index (χ4n) is 1.62. The van der Waals surface area contributed by atoms with Crippen molar-refractivity contribution in [1.82, 2.24) is 0 Å². The molecule has 0 atom stereocenters. The number of aliphatic imine (C=N–C) groups is 1. The van der Waals surface area contributed by atoms with Gasteiger partial charge < -0.3 is 0 Å². The van der Waals surface area contributed by atoms with Gasteiger partial charge in [0.25, 0.3) is 0 Å². The predicted molar refractivity (Wildman–Crippen MR) is 50.1 cm³/mol. The second-order valence-corrected chi connectivity index (χ2v) is 3.96. The van der Waals surface area contributed by atoms with Crippen molar-refractivity contribution in [3.8, 4) is 0 Å². The van der Waals surface area contributed by atoms with Gasteiger partial charge in [0.1, 0.15) is 5.82 Å². The molecule has 2 nitrogen and oxygen atoms in total. The van der Waals surface area contributed by atoms with Gasteiger partial charge in [-0.25, -0.2) is 18.0 Å². The summed E-state index contributed by atoms with van der Waals surface area (Å²) in [6.45, 7) is 0. The molecule has 1 aliphatic carbocycles. The maximum absolute atomic E-state index is 13.3. The zero-order valence-electron chi connectivity index (χ0n) is 8.27. The van der Waals surface area contributed by atoms with Gasteiger partial charge in [0.15, 0.2) is 11.6 Å². The Morgan fingerprint density at radius 3 is 2.38 bits per heavy atom. The average Bonchev–Trinajstić information content (AvgIpc) is 2.95. The first kappa shape index (κ1) is 10.9. The maximum atomic E-state index is 13.3. The molecule has 0 heterocycles. The first-order valence-corrected chi connectivity index (χ1v) is 4.79. The summed E-state index contributed by atoms with van der Waals surface area (Å²) in [6.07, 6.45) is 2.80. The molecule has 1 aromatic rings. The number of rotatable bonds is 3. The number of carbonyl (C=O) groups excluding carboxylic acids is 1. The quantitative estimate of drug-likeness (QED) is 0.443. The molecule has 1 aliphatic rings. The summed E-state index contributed by atoms with van der Waals surface area (Å²) in [5, 5.41) is 0. The molecule has 84 valence electrons. The molecule has 1 aromatic carbocycles. The number of hydrogen-bond donors (Lipinski definition) is 0. The van der Waals surface area contributed by atoms with Gasteiger partial charge in [-0.1, -0.05) is 0 Å². The van der Waals surface area contributed by atoms with Crippen molar-refractivity contribution < 1.29 is 18.0 Å². The maximum Gasteiger partial charge on any atom is 0.235 e. The lowest BCUT2D eigenvalue weighted by Gasteiger charge is -2.08. The Morgan fingerprint density at radius 2 is 1.81 bits per heavy atom. The molecule has 0 spiro atoms. The number of nitrogens with zero attached hydrogens (tertiary/aromatic N) is 1. The average molecular weight is 227 g/mol. The van der Waals surface area contributed by atoms with Crippen molar-refractivity contribution in [2.45, 2.75) is 24.8 Å². The zero-order valence-corrected chi connectivity index (χ0v) is 8.27. The molecule has 2 rings (SSSR count). The standard InChI is InChI=1S/C11H8F3NO/c12-8-4-10(14)9(13)3-7(8)5-11(1-2-11)15-6-16/h3-4H,1-2,5H2. The molecule has 0 aliphatic heterocycles. The topological polar surface area (TPSA) is 29.4 Å². The van der Waals surface area contributed by atoms with Gasteiger partial charge in [0.05, 0.1) is 5.54 Å². The summed E-state index contributed by atoms with van der Waals surface area (Å²) in [4.78, 5) is 13.7. The number of hydrogen-bond acceptors (Lipinski definition) is 2. The van der Waals surface area contributed by atoms with E-state index in [1.54, 1.807) is 0 Å². The summed E-state index contributed by atoms with van der Waals surface area (Å²) in [6, 6.07) is 1.32. The highest BCUT2D eigenvalue weighted by atomic mass is 19.2. The number of isocyanates is 1. The van der Waals surface area contributed by atoms with Crippen molar-refractivity contribution in [1.29, 1.82) is 0 Å². The Hall–Kier alpha value is -1.61. The number of benzene rings is 1. The van der Waals surface area contributed by atoms with Crippen molar-refractivity contribution >= 4 is 6.08 Å². The first-order chi connectivity index (χ1) is 7.56. The van der Waals surface area contributed by atoms with Crippen LogP contribution in [0, 0.1) is 17.5 Å². The molecule has 0 amide bonds. The minimum Gasteiger partial charge on any atom is -0.211 e. The van der Waals surface area contributed by atoms with Crippen LogP contribution >= 0.6 is 0 Å². The van der Waals surface area contributed by atoms with Gasteiger partial charge in [-0.2, -0.15) is 4.99 Å². The van der Waals surface area contributed by atoms with E-state index in [1.165, 1.54) is 6.08 Å². The smallest absolute Gasteiger partial charge is 0.211 e. The molecule has 16 heavy (non-hydrogen) atoms. The second-order valence-electron chi connectivity index (χ2n) is 3.96. The van der Waals surface area contributed by atoms with Gasteiger partial charge >= 0.3 is 0 Å². The highest BCUT2D eigenvalue weighted by Crippen LogP contribution is 2.42. The third-order valence-electron chi connectivity index (χ3n) is 2.72. The minimum absolute atomic E-state index is 0.0374. The molecule has 0 radical (unpaired) electrons. The zero-order chi connectivity index (χ0) is 11.8. The van der Waals surface area contributed by atoms with Crippen LogP contribution in [-0.2, 0) is 11.2 Å². The lowest BCUT2D eigenvalue weighted by molar-refractivity contribution is 0.485. The van der Waals surface area contributed by atoms with Crippen LogP contribution in [0.1, 0.15) is 18.4 Å². The largest absolute Gasteiger partial charge is 0.235 e. The molecule has 1 fully saturated rings. The fourth-order valence-corrected chi connectivity index (χ4v) is 1.62. The van der Waals surface area contributed by atoms with E-state index in [-0.39, 0.29) is 12.0 Å². The van der Waals surface area contributed by atoms with E-state index in [0.29, 0.717) is 18.9 Å². The Bertz CT molecular complexity index is 476. The molecule has 5 heteroatoms. The summed E-state index contributed by atoms with van der Waals surface area (Å²) < 4.78 is 38.8. The van der Waals surface area contributed by atoms with E-state index in [0.717, 1.165) is 6.07 Å². The van der Waals surface area contributed by atoms with Crippen LogP contribution in [0.2, 0.25) is 0 Å². The molecule has 0 aromatic heterocycles. The van der Waals surface area contributed by atoms with Gasteiger partial charge in [-0.15, -0.1) is 0 Å². The lowest BCUT2D eigenvalue weighted by atomic mass is 10.0. The normalized spacial score (nSPS) is 16.7. The fraction of sp³-hybridized carbons (Fsp3) is 0.364. The van der Waals surface area contributed by atoms with E-state index in [2.05, 4.69) is 4.99 Å². The molecule has 1 saturated carbocycles. The molecule has 0 saturated heterocycles. The van der Waals surface area contributed by atoms with Gasteiger partial charge in [0, 0.05) is 12.5 Å². The highest BCUT2D eigenvalue weighted by molar-refractivity contribution is 5.37. The van der Waals surface area contributed by atoms with Crippen molar-refractivity contribution in [2.24, 2.45) is 4.99 Å². The van der Waals surface area contributed by atoms with Gasteiger partial charge in [-0.05, 0) is 24.5 Å². The van der Waals surface area contributed by atoms with Gasteiger partial charge in [-0.3, -0.25) is 0 Å². The van der Waals surface area contributed by atoms with Crippen LogP contribution in [0.15, 0.2) is 17.1 Å². The van der Waals surface area contributed by atoms with Crippen LogP contribution in [0.25, 0.3) is 0 Å². The first-order valence-electron chi connectivity index (χ1n) is 4.79. The third-order valence-corrected chi connectivity index (χ3v) is 2.72. The Labute approximate surface area is 89.8 Å². The Balaban J connectivity index is 2.28. The molecule has 0 N–H and O–H groups in total. The summed E-state index contributed by atoms with van der Waals surface area (Å²) in [5.41, 5.74) is -0.609. The van der Waals surface area contributed by atoms with Crippen LogP contribution in [0.5, 0.6) is 0 Å². The second kappa shape index (κ2) is 3.76. The lowest BCUT2D eigenvalue weighted by Crippen LogP contribution is -2.11. The third kappa shape index (κ3) is 1.99. The predicted octanol–water partition coefficient (Wildman–Crippen LogP) is 2.51. The summed E-state index contributed by atoms with van der Waals surface area (Å²) in [5.74, 6) is -3.13. The molecule has 0 bridgehead atoms. The van der Waals surface area contributed by atoms with E-state index >= 15 is 0 Å². The van der Waals surface area contributed by atoms with Gasteiger partial charge in [0.2, 0.25) is 6.08 Å². The van der Waals surface area contributed by atoms with Crippen LogP contribution in [-0.4, -0.2) is 11.6 Å². The van der Waals surface area contributed by atoms with E-state index in [9.17, 15) is 18.0 Å². The van der Waals surface area contributed by atoms with E-state index in [1.807, 2.05) is 0 Å². The van der Waals surface area contributed by atoms with Crippen molar-refractivity contribution in [3.05, 3.63) is 35.1 Å². The highest BCUT2D eigenvalue weighted by Gasteiger charge is 2.43.